The van der Waals surface area contributed by atoms with E-state index < -0.39 is 10.2 Å². The zero-order valence-corrected chi connectivity index (χ0v) is 17.1. The van der Waals surface area contributed by atoms with Gasteiger partial charge in [-0.05, 0) is 33.3 Å². The second kappa shape index (κ2) is 7.45. The van der Waals surface area contributed by atoms with Crippen molar-refractivity contribution in [3.8, 4) is 0 Å². The molecule has 0 aliphatic carbocycles. The first-order chi connectivity index (χ1) is 12.6. The first kappa shape index (κ1) is 19.6. The number of rotatable bonds is 5. The first-order valence-electron chi connectivity index (χ1n) is 8.77. The highest BCUT2D eigenvalue weighted by Crippen LogP contribution is 2.28. The molecular weight excluding hydrogens is 366 g/mol. The van der Waals surface area contributed by atoms with Crippen molar-refractivity contribution in [1.82, 2.24) is 28.5 Å². The fourth-order valence-corrected chi connectivity index (χ4v) is 4.28. The standard InChI is InChI=1S/C17H25N7O2S/c1-11-8-12(2)20-17(19-11)22-15-9-13(3)18-16(21-15)14-6-7-24(10-14)27(25,26)23(4)5/h8-9,14H,6-7,10H2,1-5H3,(H,18,19,20,21,22)/t14-/m0/s1. The van der Waals surface area contributed by atoms with Crippen LogP contribution in [0.2, 0.25) is 0 Å². The number of hydrogen-bond acceptors (Lipinski definition) is 7. The largest absolute Gasteiger partial charge is 0.309 e. The molecule has 0 radical (unpaired) electrons. The molecule has 1 fully saturated rings. The molecule has 1 saturated heterocycles. The minimum absolute atomic E-state index is 0.0414. The molecule has 27 heavy (non-hydrogen) atoms. The van der Waals surface area contributed by atoms with Crippen molar-refractivity contribution < 1.29 is 8.42 Å². The number of aromatic nitrogens is 4. The van der Waals surface area contributed by atoms with Crippen molar-refractivity contribution in [1.29, 1.82) is 0 Å². The highest BCUT2D eigenvalue weighted by molar-refractivity contribution is 7.86. The molecule has 1 aliphatic heterocycles. The Labute approximate surface area is 160 Å². The van der Waals surface area contributed by atoms with Crippen molar-refractivity contribution >= 4 is 22.0 Å². The van der Waals surface area contributed by atoms with Crippen LogP contribution in [0.5, 0.6) is 0 Å². The van der Waals surface area contributed by atoms with Gasteiger partial charge in [-0.1, -0.05) is 0 Å². The van der Waals surface area contributed by atoms with Crippen LogP contribution < -0.4 is 5.32 Å². The fraction of sp³-hybridized carbons (Fsp3) is 0.529. The van der Waals surface area contributed by atoms with Crippen molar-refractivity contribution in [3.63, 3.8) is 0 Å². The molecule has 1 N–H and O–H groups in total. The van der Waals surface area contributed by atoms with Crippen LogP contribution in [-0.2, 0) is 10.2 Å². The van der Waals surface area contributed by atoms with Gasteiger partial charge < -0.3 is 5.32 Å². The summed E-state index contributed by atoms with van der Waals surface area (Å²) in [6, 6.07) is 3.73. The van der Waals surface area contributed by atoms with Gasteiger partial charge >= 0.3 is 0 Å². The van der Waals surface area contributed by atoms with Crippen LogP contribution in [-0.4, -0.2) is 64.1 Å². The molecule has 0 saturated carbocycles. The molecule has 1 aliphatic rings. The second-order valence-corrected chi connectivity index (χ2v) is 9.13. The molecule has 0 unspecified atom stereocenters. The van der Waals surface area contributed by atoms with E-state index in [0.29, 0.717) is 37.1 Å². The third-order valence-electron chi connectivity index (χ3n) is 4.40. The molecule has 2 aromatic heterocycles. The van der Waals surface area contributed by atoms with Gasteiger partial charge in [-0.3, -0.25) is 0 Å². The number of aryl methyl sites for hydroxylation is 3. The Bertz CT molecular complexity index is 926. The molecule has 3 rings (SSSR count). The van der Waals surface area contributed by atoms with Crippen LogP contribution in [0.1, 0.15) is 35.2 Å². The smallest absolute Gasteiger partial charge is 0.281 e. The van der Waals surface area contributed by atoms with Crippen LogP contribution in [0.15, 0.2) is 12.1 Å². The van der Waals surface area contributed by atoms with E-state index in [1.807, 2.05) is 32.9 Å². The van der Waals surface area contributed by atoms with Crippen LogP contribution in [0.4, 0.5) is 11.8 Å². The van der Waals surface area contributed by atoms with Crippen molar-refractivity contribution in [3.05, 3.63) is 35.0 Å². The molecule has 0 aromatic carbocycles. The lowest BCUT2D eigenvalue weighted by atomic mass is 10.1. The van der Waals surface area contributed by atoms with E-state index in [1.54, 1.807) is 0 Å². The number of hydrogen-bond donors (Lipinski definition) is 1. The maximum atomic E-state index is 12.3. The van der Waals surface area contributed by atoms with E-state index in [-0.39, 0.29) is 5.92 Å². The Hall–Kier alpha value is -2.17. The predicted octanol–water partition coefficient (Wildman–Crippen LogP) is 1.53. The molecule has 0 spiro atoms. The summed E-state index contributed by atoms with van der Waals surface area (Å²) in [6.07, 6.45) is 0.690. The summed E-state index contributed by atoms with van der Waals surface area (Å²) < 4.78 is 27.4. The Morgan fingerprint density at radius 1 is 1.04 bits per heavy atom. The highest BCUT2D eigenvalue weighted by Gasteiger charge is 2.34. The summed E-state index contributed by atoms with van der Waals surface area (Å²) in [5.74, 6) is 1.69. The third kappa shape index (κ3) is 4.40. The molecule has 0 bridgehead atoms. The van der Waals surface area contributed by atoms with E-state index >= 15 is 0 Å². The van der Waals surface area contributed by atoms with Gasteiger partial charge in [0.2, 0.25) is 5.95 Å². The summed E-state index contributed by atoms with van der Waals surface area (Å²) in [5, 5.41) is 3.14. The van der Waals surface area contributed by atoms with Crippen LogP contribution in [0.25, 0.3) is 0 Å². The molecule has 1 atom stereocenters. The number of nitrogens with zero attached hydrogens (tertiary/aromatic N) is 6. The average molecular weight is 392 g/mol. The van der Waals surface area contributed by atoms with Gasteiger partial charge in [0, 0.05) is 56.3 Å². The monoisotopic (exact) mass is 391 g/mol. The summed E-state index contributed by atoms with van der Waals surface area (Å²) in [6.45, 7) is 6.56. The summed E-state index contributed by atoms with van der Waals surface area (Å²) in [7, 11) is -0.342. The van der Waals surface area contributed by atoms with Gasteiger partial charge in [-0.2, -0.15) is 17.0 Å². The number of nitrogens with one attached hydrogen (secondary N) is 1. The molecule has 0 amide bonds. The minimum atomic E-state index is -3.42. The molecular formula is C17H25N7O2S. The molecule has 9 nitrogen and oxygen atoms in total. The Balaban J connectivity index is 1.82. The van der Waals surface area contributed by atoms with Crippen LogP contribution in [0, 0.1) is 20.8 Å². The highest BCUT2D eigenvalue weighted by atomic mass is 32.2. The zero-order valence-electron chi connectivity index (χ0n) is 16.3. The lowest BCUT2D eigenvalue weighted by Gasteiger charge is -2.20. The third-order valence-corrected chi connectivity index (χ3v) is 6.30. The summed E-state index contributed by atoms with van der Waals surface area (Å²) in [5.41, 5.74) is 2.55. The first-order valence-corrected chi connectivity index (χ1v) is 10.2. The van der Waals surface area contributed by atoms with Gasteiger partial charge in [0.1, 0.15) is 11.6 Å². The van der Waals surface area contributed by atoms with Crippen molar-refractivity contribution in [2.75, 3.05) is 32.5 Å². The van der Waals surface area contributed by atoms with E-state index in [4.69, 9.17) is 0 Å². The molecule has 3 heterocycles. The lowest BCUT2D eigenvalue weighted by Crippen LogP contribution is -2.38. The van der Waals surface area contributed by atoms with Crippen LogP contribution >= 0.6 is 0 Å². The van der Waals surface area contributed by atoms with Gasteiger partial charge in [-0.15, -0.1) is 0 Å². The van der Waals surface area contributed by atoms with E-state index in [2.05, 4.69) is 25.3 Å². The Kier molecular flexibility index (Phi) is 5.41. The predicted molar refractivity (Wildman–Crippen MR) is 103 cm³/mol. The normalized spacial score (nSPS) is 18.2. The molecule has 10 heteroatoms. The molecule has 146 valence electrons. The Morgan fingerprint density at radius 2 is 1.67 bits per heavy atom. The van der Waals surface area contributed by atoms with E-state index in [9.17, 15) is 8.42 Å². The quantitative estimate of drug-likeness (QED) is 0.824. The van der Waals surface area contributed by atoms with Crippen molar-refractivity contribution in [2.24, 2.45) is 0 Å². The topological polar surface area (TPSA) is 104 Å². The SMILES string of the molecule is Cc1cc(C)nc(Nc2cc(C)nc([C@H]3CCN(S(=O)(=O)N(C)C)C3)n2)n1. The number of anilines is 2. The maximum Gasteiger partial charge on any atom is 0.281 e. The van der Waals surface area contributed by atoms with E-state index in [0.717, 1.165) is 17.1 Å². The van der Waals surface area contributed by atoms with Gasteiger partial charge in [0.05, 0.1) is 0 Å². The molecule has 2 aromatic rings. The maximum absolute atomic E-state index is 12.3. The summed E-state index contributed by atoms with van der Waals surface area (Å²) >= 11 is 0. The van der Waals surface area contributed by atoms with Gasteiger partial charge in [-0.25, -0.2) is 19.9 Å². The minimum Gasteiger partial charge on any atom is -0.309 e. The summed E-state index contributed by atoms with van der Waals surface area (Å²) in [4.78, 5) is 17.9. The van der Waals surface area contributed by atoms with Gasteiger partial charge in [0.15, 0.2) is 0 Å². The Morgan fingerprint density at radius 3 is 2.30 bits per heavy atom. The average Bonchev–Trinajstić information content (AvgIpc) is 3.03. The zero-order chi connectivity index (χ0) is 19.8. The van der Waals surface area contributed by atoms with Crippen LogP contribution in [0.3, 0.4) is 0 Å². The fourth-order valence-electron chi connectivity index (χ4n) is 3.11. The second-order valence-electron chi connectivity index (χ2n) is 6.99. The van der Waals surface area contributed by atoms with E-state index in [1.165, 1.54) is 22.7 Å². The van der Waals surface area contributed by atoms with Crippen molar-refractivity contribution in [2.45, 2.75) is 33.1 Å². The van der Waals surface area contributed by atoms with Gasteiger partial charge in [0.25, 0.3) is 10.2 Å². The lowest BCUT2D eigenvalue weighted by molar-refractivity contribution is 0.418.